The van der Waals surface area contributed by atoms with E-state index in [9.17, 15) is 0 Å². The van der Waals surface area contributed by atoms with E-state index in [0.29, 0.717) is 11.5 Å². The number of aryl methyl sites for hydroxylation is 1. The molecule has 20 heavy (non-hydrogen) atoms. The average molecular weight is 286 g/mol. The molecule has 0 atom stereocenters. The van der Waals surface area contributed by atoms with Gasteiger partial charge in [-0.3, -0.25) is 0 Å². The van der Waals surface area contributed by atoms with Gasteiger partial charge in [0, 0.05) is 22.4 Å². The molecule has 0 fully saturated rings. The zero-order chi connectivity index (χ0) is 13.9. The fourth-order valence-corrected chi connectivity index (χ4v) is 2.68. The predicted molar refractivity (Wildman–Crippen MR) is 79.4 cm³/mol. The van der Waals surface area contributed by atoms with Crippen molar-refractivity contribution in [2.75, 3.05) is 5.73 Å². The molecule has 0 unspecified atom stereocenters. The van der Waals surface area contributed by atoms with E-state index < -0.39 is 0 Å². The second-order valence-corrected chi connectivity index (χ2v) is 5.52. The standard InChI is InChI=1S/C15H14N2O2S/c1-10-7-12(4-5-13(10)16)20-9-11-8-15(19-17-11)14-3-2-6-18-14/h2-8H,9,16H2,1H3. The number of nitrogens with zero attached hydrogens (tertiary/aromatic N) is 1. The van der Waals surface area contributed by atoms with Crippen molar-refractivity contribution in [2.45, 2.75) is 17.6 Å². The molecule has 0 radical (unpaired) electrons. The maximum atomic E-state index is 5.81. The van der Waals surface area contributed by atoms with E-state index in [2.05, 4.69) is 11.2 Å². The van der Waals surface area contributed by atoms with Crippen LogP contribution in [-0.4, -0.2) is 5.16 Å². The molecule has 0 amide bonds. The minimum Gasteiger partial charge on any atom is -0.461 e. The van der Waals surface area contributed by atoms with Gasteiger partial charge in [0.1, 0.15) is 0 Å². The first kappa shape index (κ1) is 12.9. The molecule has 1 aromatic carbocycles. The number of anilines is 1. The third-order valence-corrected chi connectivity index (χ3v) is 3.98. The topological polar surface area (TPSA) is 65.2 Å². The van der Waals surface area contributed by atoms with Crippen LogP contribution in [0.3, 0.4) is 0 Å². The van der Waals surface area contributed by atoms with E-state index in [4.69, 9.17) is 14.7 Å². The molecule has 0 spiro atoms. The number of hydrogen-bond donors (Lipinski definition) is 1. The van der Waals surface area contributed by atoms with Crippen LogP contribution in [0.15, 0.2) is 56.5 Å². The van der Waals surface area contributed by atoms with Gasteiger partial charge >= 0.3 is 0 Å². The third-order valence-electron chi connectivity index (χ3n) is 2.95. The number of nitrogens with two attached hydrogens (primary N) is 1. The number of furan rings is 1. The molecule has 2 heterocycles. The summed E-state index contributed by atoms with van der Waals surface area (Å²) in [5.41, 5.74) is 8.60. The number of rotatable bonds is 4. The van der Waals surface area contributed by atoms with Gasteiger partial charge in [0.2, 0.25) is 5.76 Å². The Bertz CT molecular complexity index is 704. The first-order valence-electron chi connectivity index (χ1n) is 6.21. The zero-order valence-electron chi connectivity index (χ0n) is 11.0. The summed E-state index contributed by atoms with van der Waals surface area (Å²) in [6, 6.07) is 11.6. The Hall–Kier alpha value is -2.14. The first-order chi connectivity index (χ1) is 9.72. The van der Waals surface area contributed by atoms with Crippen LogP contribution in [0.25, 0.3) is 11.5 Å². The van der Waals surface area contributed by atoms with E-state index in [1.54, 1.807) is 18.0 Å². The summed E-state index contributed by atoms with van der Waals surface area (Å²) >= 11 is 1.70. The van der Waals surface area contributed by atoms with E-state index in [1.807, 2.05) is 37.3 Å². The molecule has 2 N–H and O–H groups in total. The van der Waals surface area contributed by atoms with E-state index >= 15 is 0 Å². The van der Waals surface area contributed by atoms with Crippen LogP contribution >= 0.6 is 11.8 Å². The van der Waals surface area contributed by atoms with Gasteiger partial charge in [-0.15, -0.1) is 11.8 Å². The maximum Gasteiger partial charge on any atom is 0.202 e. The first-order valence-corrected chi connectivity index (χ1v) is 7.19. The Morgan fingerprint density at radius 2 is 2.10 bits per heavy atom. The molecule has 0 aliphatic heterocycles. The number of thioether (sulfide) groups is 1. The Morgan fingerprint density at radius 1 is 1.20 bits per heavy atom. The van der Waals surface area contributed by atoms with Gasteiger partial charge in [-0.25, -0.2) is 0 Å². The summed E-state index contributed by atoms with van der Waals surface area (Å²) in [5, 5.41) is 4.05. The molecule has 3 aromatic rings. The molecule has 0 aliphatic rings. The SMILES string of the molecule is Cc1cc(SCc2cc(-c3ccco3)on2)ccc1N. The van der Waals surface area contributed by atoms with Crippen molar-refractivity contribution >= 4 is 17.4 Å². The van der Waals surface area contributed by atoms with Crippen LogP contribution in [0.4, 0.5) is 5.69 Å². The van der Waals surface area contributed by atoms with Crippen LogP contribution < -0.4 is 5.73 Å². The molecular formula is C15H14N2O2S. The van der Waals surface area contributed by atoms with Crippen LogP contribution in [0.5, 0.6) is 0 Å². The summed E-state index contributed by atoms with van der Waals surface area (Å²) in [4.78, 5) is 1.17. The van der Waals surface area contributed by atoms with Crippen LogP contribution in [-0.2, 0) is 5.75 Å². The fourth-order valence-electron chi connectivity index (χ4n) is 1.81. The largest absolute Gasteiger partial charge is 0.461 e. The minimum atomic E-state index is 0.652. The number of hydrogen-bond acceptors (Lipinski definition) is 5. The Labute approximate surface area is 120 Å². The van der Waals surface area contributed by atoms with Crippen molar-refractivity contribution in [1.29, 1.82) is 0 Å². The van der Waals surface area contributed by atoms with E-state index in [0.717, 1.165) is 22.7 Å². The lowest BCUT2D eigenvalue weighted by atomic mass is 10.2. The zero-order valence-corrected chi connectivity index (χ0v) is 11.8. The summed E-state index contributed by atoms with van der Waals surface area (Å²) in [6.45, 7) is 2.00. The highest BCUT2D eigenvalue weighted by molar-refractivity contribution is 7.98. The molecule has 4 nitrogen and oxygen atoms in total. The molecule has 2 aromatic heterocycles. The van der Waals surface area contributed by atoms with Crippen molar-refractivity contribution in [3.05, 3.63) is 53.9 Å². The van der Waals surface area contributed by atoms with Gasteiger partial charge < -0.3 is 14.7 Å². The van der Waals surface area contributed by atoms with Crippen molar-refractivity contribution in [2.24, 2.45) is 0 Å². The van der Waals surface area contributed by atoms with Gasteiger partial charge in [0.25, 0.3) is 0 Å². The highest BCUT2D eigenvalue weighted by Gasteiger charge is 2.09. The molecule has 0 saturated carbocycles. The van der Waals surface area contributed by atoms with Crippen molar-refractivity contribution in [3.63, 3.8) is 0 Å². The molecule has 3 rings (SSSR count). The Kier molecular flexibility index (Phi) is 3.52. The lowest BCUT2D eigenvalue weighted by molar-refractivity contribution is 0.413. The van der Waals surface area contributed by atoms with Gasteiger partial charge in [-0.2, -0.15) is 0 Å². The van der Waals surface area contributed by atoms with Gasteiger partial charge in [0.15, 0.2) is 5.76 Å². The summed E-state index contributed by atoms with van der Waals surface area (Å²) < 4.78 is 10.5. The predicted octanol–water partition coefficient (Wildman–Crippen LogP) is 4.12. The lowest BCUT2D eigenvalue weighted by Gasteiger charge is -2.03. The van der Waals surface area contributed by atoms with Gasteiger partial charge in [-0.05, 0) is 42.8 Å². The monoisotopic (exact) mass is 286 g/mol. The molecule has 0 aliphatic carbocycles. The molecule has 0 saturated heterocycles. The second kappa shape index (κ2) is 5.46. The van der Waals surface area contributed by atoms with Crippen LogP contribution in [0.1, 0.15) is 11.3 Å². The maximum absolute atomic E-state index is 5.81. The smallest absolute Gasteiger partial charge is 0.202 e. The summed E-state index contributed by atoms with van der Waals surface area (Å²) in [5.74, 6) is 2.09. The van der Waals surface area contributed by atoms with Crippen LogP contribution in [0.2, 0.25) is 0 Å². The molecule has 5 heteroatoms. The average Bonchev–Trinajstić information content (AvgIpc) is 3.09. The van der Waals surface area contributed by atoms with E-state index in [-0.39, 0.29) is 0 Å². The highest BCUT2D eigenvalue weighted by atomic mass is 32.2. The molecule has 102 valence electrons. The van der Waals surface area contributed by atoms with Crippen molar-refractivity contribution in [3.8, 4) is 11.5 Å². The Morgan fingerprint density at radius 3 is 2.85 bits per heavy atom. The number of nitrogen functional groups attached to an aromatic ring is 1. The van der Waals surface area contributed by atoms with Crippen molar-refractivity contribution in [1.82, 2.24) is 5.16 Å². The van der Waals surface area contributed by atoms with Crippen LogP contribution in [0, 0.1) is 6.92 Å². The summed E-state index contributed by atoms with van der Waals surface area (Å²) in [7, 11) is 0. The fraction of sp³-hybridized carbons (Fsp3) is 0.133. The van der Waals surface area contributed by atoms with Crippen molar-refractivity contribution < 1.29 is 8.94 Å². The van der Waals surface area contributed by atoms with Gasteiger partial charge in [-0.1, -0.05) is 5.16 Å². The normalized spacial score (nSPS) is 10.8. The Balaban J connectivity index is 1.68. The highest BCUT2D eigenvalue weighted by Crippen LogP contribution is 2.27. The third kappa shape index (κ3) is 2.72. The lowest BCUT2D eigenvalue weighted by Crippen LogP contribution is -1.89. The molecule has 0 bridgehead atoms. The number of aromatic nitrogens is 1. The minimum absolute atomic E-state index is 0.652. The second-order valence-electron chi connectivity index (χ2n) is 4.47. The van der Waals surface area contributed by atoms with E-state index in [1.165, 1.54) is 4.90 Å². The quantitative estimate of drug-likeness (QED) is 0.577. The number of benzene rings is 1. The van der Waals surface area contributed by atoms with Gasteiger partial charge in [0.05, 0.1) is 12.0 Å². The molecular weight excluding hydrogens is 272 g/mol. The summed E-state index contributed by atoms with van der Waals surface area (Å²) in [6.07, 6.45) is 1.61.